The zero-order valence-corrected chi connectivity index (χ0v) is 8.68. The van der Waals surface area contributed by atoms with Crippen LogP contribution in [0.5, 0.6) is 5.75 Å². The second-order valence-electron chi connectivity index (χ2n) is 3.65. The number of nitrogens with zero attached hydrogens (tertiary/aromatic N) is 3. The molecule has 0 amide bonds. The molecular formula is C11H13N3O. The molecule has 15 heavy (non-hydrogen) atoms. The lowest BCUT2D eigenvalue weighted by atomic mass is 10.1. The molecule has 0 bridgehead atoms. The average Bonchev–Trinajstić information content (AvgIpc) is 2.67. The van der Waals surface area contributed by atoms with Gasteiger partial charge in [0.25, 0.3) is 0 Å². The summed E-state index contributed by atoms with van der Waals surface area (Å²) in [5.74, 6) is 0.935. The van der Waals surface area contributed by atoms with Gasteiger partial charge in [-0.1, -0.05) is 24.2 Å². The summed E-state index contributed by atoms with van der Waals surface area (Å²) >= 11 is 0. The molecule has 1 aromatic rings. The number of benzene rings is 1. The van der Waals surface area contributed by atoms with Crippen LogP contribution in [0.25, 0.3) is 10.4 Å². The molecule has 1 aliphatic rings. The maximum absolute atomic E-state index is 8.23. The number of hydrogen-bond donors (Lipinski definition) is 0. The molecule has 1 aliphatic heterocycles. The van der Waals surface area contributed by atoms with Gasteiger partial charge in [0.1, 0.15) is 11.9 Å². The highest BCUT2D eigenvalue weighted by molar-refractivity contribution is 5.40. The van der Waals surface area contributed by atoms with Gasteiger partial charge in [-0.05, 0) is 29.1 Å². The molecule has 1 atom stereocenters. The van der Waals surface area contributed by atoms with Gasteiger partial charge in [-0.3, -0.25) is 0 Å². The molecule has 4 heteroatoms. The molecule has 0 saturated heterocycles. The lowest BCUT2D eigenvalue weighted by Gasteiger charge is -2.05. The Balaban J connectivity index is 2.12. The smallest absolute Gasteiger partial charge is 0.123 e. The van der Waals surface area contributed by atoms with E-state index in [1.807, 2.05) is 6.07 Å². The van der Waals surface area contributed by atoms with Gasteiger partial charge in [0.2, 0.25) is 0 Å². The number of hydrogen-bond acceptors (Lipinski definition) is 2. The summed E-state index contributed by atoms with van der Waals surface area (Å²) in [5, 5.41) is 3.53. The summed E-state index contributed by atoms with van der Waals surface area (Å²) in [5.41, 5.74) is 10.8. The van der Waals surface area contributed by atoms with E-state index in [0.717, 1.165) is 18.6 Å². The first kappa shape index (κ1) is 9.87. The number of fused-ring (bicyclic) bond motifs is 1. The van der Waals surface area contributed by atoms with Crippen molar-refractivity contribution in [2.75, 3.05) is 6.54 Å². The second kappa shape index (κ2) is 4.24. The maximum Gasteiger partial charge on any atom is 0.123 e. The predicted molar refractivity (Wildman–Crippen MR) is 58.0 cm³/mol. The Morgan fingerprint density at radius 2 is 2.47 bits per heavy atom. The van der Waals surface area contributed by atoms with Crippen molar-refractivity contribution >= 4 is 0 Å². The van der Waals surface area contributed by atoms with Gasteiger partial charge in [-0.2, -0.15) is 0 Å². The van der Waals surface area contributed by atoms with E-state index in [1.54, 1.807) is 0 Å². The largest absolute Gasteiger partial charge is 0.490 e. The first-order valence-electron chi connectivity index (χ1n) is 5.12. The zero-order valence-electron chi connectivity index (χ0n) is 8.68. The van der Waals surface area contributed by atoms with Crippen LogP contribution in [0.4, 0.5) is 0 Å². The molecular weight excluding hydrogens is 190 g/mol. The highest BCUT2D eigenvalue weighted by Gasteiger charge is 2.21. The third kappa shape index (κ3) is 2.05. The van der Waals surface area contributed by atoms with Gasteiger partial charge >= 0.3 is 0 Å². The fourth-order valence-electron chi connectivity index (χ4n) is 1.82. The Bertz CT molecular complexity index is 410. The molecule has 0 aromatic heterocycles. The van der Waals surface area contributed by atoms with Gasteiger partial charge in [0.05, 0.1) is 6.54 Å². The van der Waals surface area contributed by atoms with Gasteiger partial charge in [-0.25, -0.2) is 0 Å². The van der Waals surface area contributed by atoms with Gasteiger partial charge < -0.3 is 4.74 Å². The zero-order chi connectivity index (χ0) is 10.7. The van der Waals surface area contributed by atoms with Crippen LogP contribution in [0, 0.1) is 0 Å². The number of aryl methyl sites for hydroxylation is 1. The number of azide groups is 1. The van der Waals surface area contributed by atoms with E-state index in [0.29, 0.717) is 6.54 Å². The molecule has 78 valence electrons. The lowest BCUT2D eigenvalue weighted by Crippen LogP contribution is -2.16. The normalized spacial score (nSPS) is 17.8. The third-order valence-electron chi connectivity index (χ3n) is 2.62. The van der Waals surface area contributed by atoms with E-state index in [9.17, 15) is 0 Å². The third-order valence-corrected chi connectivity index (χ3v) is 2.62. The van der Waals surface area contributed by atoms with Crippen molar-refractivity contribution in [2.45, 2.75) is 25.9 Å². The van der Waals surface area contributed by atoms with Gasteiger partial charge in [-0.15, -0.1) is 0 Å². The van der Waals surface area contributed by atoms with Crippen LogP contribution in [0.1, 0.15) is 18.1 Å². The van der Waals surface area contributed by atoms with Crippen molar-refractivity contribution in [1.29, 1.82) is 0 Å². The van der Waals surface area contributed by atoms with Crippen LogP contribution < -0.4 is 4.74 Å². The Hall–Kier alpha value is -1.67. The molecule has 1 unspecified atom stereocenters. The van der Waals surface area contributed by atoms with Crippen LogP contribution in [0.2, 0.25) is 0 Å². The molecule has 0 radical (unpaired) electrons. The maximum atomic E-state index is 8.23. The molecule has 0 saturated carbocycles. The predicted octanol–water partition coefficient (Wildman–Crippen LogP) is 2.86. The molecule has 1 heterocycles. The fraction of sp³-hybridized carbons (Fsp3) is 0.455. The van der Waals surface area contributed by atoms with Gasteiger partial charge in [0.15, 0.2) is 0 Å². The van der Waals surface area contributed by atoms with E-state index in [4.69, 9.17) is 10.3 Å². The molecule has 2 rings (SSSR count). The molecule has 0 N–H and O–H groups in total. The standard InChI is InChI=1S/C11H13N3O/c1-2-8-3-4-11-9(5-8)6-10(15-11)7-13-14-12/h3-5,10H,2,6-7H2,1H3. The first-order valence-corrected chi connectivity index (χ1v) is 5.12. The van der Waals surface area contributed by atoms with Crippen LogP contribution in [-0.2, 0) is 12.8 Å². The lowest BCUT2D eigenvalue weighted by molar-refractivity contribution is 0.241. The topological polar surface area (TPSA) is 58.0 Å². The molecule has 4 nitrogen and oxygen atoms in total. The summed E-state index contributed by atoms with van der Waals surface area (Å²) in [7, 11) is 0. The van der Waals surface area contributed by atoms with E-state index in [-0.39, 0.29) is 6.10 Å². The number of ether oxygens (including phenoxy) is 1. The van der Waals surface area contributed by atoms with Crippen molar-refractivity contribution in [3.63, 3.8) is 0 Å². The van der Waals surface area contributed by atoms with Crippen LogP contribution in [0.15, 0.2) is 23.3 Å². The first-order chi connectivity index (χ1) is 7.33. The van der Waals surface area contributed by atoms with Crippen molar-refractivity contribution in [1.82, 2.24) is 0 Å². The van der Waals surface area contributed by atoms with E-state index in [1.165, 1.54) is 11.1 Å². The van der Waals surface area contributed by atoms with E-state index in [2.05, 4.69) is 29.1 Å². The Morgan fingerprint density at radius 1 is 1.60 bits per heavy atom. The van der Waals surface area contributed by atoms with Crippen LogP contribution in [0.3, 0.4) is 0 Å². The highest BCUT2D eigenvalue weighted by Crippen LogP contribution is 2.29. The Morgan fingerprint density at radius 3 is 3.20 bits per heavy atom. The molecule has 0 fully saturated rings. The summed E-state index contributed by atoms with van der Waals surface area (Å²) in [6.45, 7) is 2.54. The summed E-state index contributed by atoms with van der Waals surface area (Å²) in [6.07, 6.45) is 1.90. The summed E-state index contributed by atoms with van der Waals surface area (Å²) in [6, 6.07) is 6.25. The van der Waals surface area contributed by atoms with Crippen LogP contribution >= 0.6 is 0 Å². The van der Waals surface area contributed by atoms with Gasteiger partial charge in [0, 0.05) is 11.3 Å². The fourth-order valence-corrected chi connectivity index (χ4v) is 1.82. The van der Waals surface area contributed by atoms with E-state index < -0.39 is 0 Å². The van der Waals surface area contributed by atoms with E-state index >= 15 is 0 Å². The molecule has 0 aliphatic carbocycles. The van der Waals surface area contributed by atoms with Crippen molar-refractivity contribution in [2.24, 2.45) is 5.11 Å². The van der Waals surface area contributed by atoms with Crippen molar-refractivity contribution < 1.29 is 4.74 Å². The van der Waals surface area contributed by atoms with Crippen molar-refractivity contribution in [3.8, 4) is 5.75 Å². The second-order valence-corrected chi connectivity index (χ2v) is 3.65. The minimum absolute atomic E-state index is 0.0167. The monoisotopic (exact) mass is 203 g/mol. The average molecular weight is 203 g/mol. The minimum atomic E-state index is 0.0167. The van der Waals surface area contributed by atoms with Crippen LogP contribution in [-0.4, -0.2) is 12.6 Å². The Kier molecular flexibility index (Phi) is 2.79. The highest BCUT2D eigenvalue weighted by atomic mass is 16.5. The SMILES string of the molecule is CCc1ccc2c(c1)CC(CN=[N+]=[N-])O2. The molecule has 0 spiro atoms. The number of rotatable bonds is 3. The summed E-state index contributed by atoms with van der Waals surface area (Å²) < 4.78 is 5.64. The van der Waals surface area contributed by atoms with Crippen molar-refractivity contribution in [3.05, 3.63) is 39.8 Å². The summed E-state index contributed by atoms with van der Waals surface area (Å²) in [4.78, 5) is 2.74. The quantitative estimate of drug-likeness (QED) is 0.423. The molecule has 1 aromatic carbocycles. The minimum Gasteiger partial charge on any atom is -0.490 e. The Labute approximate surface area is 88.5 Å².